The quantitative estimate of drug-likeness (QED) is 0.905. The summed E-state index contributed by atoms with van der Waals surface area (Å²) in [5.74, 6) is 0.0730. The number of carbonyl (C=O) groups excluding carboxylic acids is 1. The van der Waals surface area contributed by atoms with Crippen molar-refractivity contribution in [2.24, 2.45) is 0 Å². The first-order valence-electron chi connectivity index (χ1n) is 7.56. The number of carbonyl (C=O) groups is 1. The predicted octanol–water partition coefficient (Wildman–Crippen LogP) is 3.20. The van der Waals surface area contributed by atoms with Gasteiger partial charge in [0.1, 0.15) is 0 Å². The third-order valence-electron chi connectivity index (χ3n) is 3.80. The Balaban J connectivity index is 1.84. The largest absolute Gasteiger partial charge is 0.416 e. The topological polar surface area (TPSA) is 32.3 Å². The molecule has 0 aliphatic carbocycles. The van der Waals surface area contributed by atoms with Crippen molar-refractivity contribution in [1.82, 2.24) is 10.2 Å². The molecule has 0 aromatic heterocycles. The van der Waals surface area contributed by atoms with E-state index in [9.17, 15) is 18.0 Å². The molecule has 2 rings (SSSR count). The molecule has 1 aliphatic heterocycles. The van der Waals surface area contributed by atoms with Crippen molar-refractivity contribution in [2.75, 3.05) is 13.1 Å². The molecule has 1 aliphatic rings. The molecule has 3 nitrogen and oxygen atoms in total. The first-order valence-corrected chi connectivity index (χ1v) is 7.56. The van der Waals surface area contributed by atoms with Gasteiger partial charge in [-0.05, 0) is 30.5 Å². The van der Waals surface area contributed by atoms with Crippen LogP contribution in [-0.4, -0.2) is 29.9 Å². The zero-order valence-electron chi connectivity index (χ0n) is 12.6. The van der Waals surface area contributed by atoms with Gasteiger partial charge >= 0.3 is 6.18 Å². The molecule has 1 fully saturated rings. The van der Waals surface area contributed by atoms with Crippen LogP contribution in [0.15, 0.2) is 24.3 Å². The first kappa shape index (κ1) is 16.8. The van der Waals surface area contributed by atoms with Crippen LogP contribution >= 0.6 is 0 Å². The summed E-state index contributed by atoms with van der Waals surface area (Å²) in [7, 11) is 0. The fraction of sp³-hybridized carbons (Fsp3) is 0.562. The van der Waals surface area contributed by atoms with Crippen LogP contribution in [0.1, 0.15) is 37.3 Å². The van der Waals surface area contributed by atoms with Gasteiger partial charge in [-0.2, -0.15) is 13.2 Å². The van der Waals surface area contributed by atoms with Crippen molar-refractivity contribution in [2.45, 2.75) is 44.9 Å². The van der Waals surface area contributed by atoms with E-state index in [2.05, 4.69) is 10.2 Å². The molecule has 6 heteroatoms. The molecule has 122 valence electrons. The van der Waals surface area contributed by atoms with Gasteiger partial charge in [0, 0.05) is 32.1 Å². The number of alkyl halides is 3. The molecule has 1 heterocycles. The predicted molar refractivity (Wildman–Crippen MR) is 78.2 cm³/mol. The van der Waals surface area contributed by atoms with E-state index in [0.717, 1.165) is 43.6 Å². The summed E-state index contributed by atoms with van der Waals surface area (Å²) in [6.45, 7) is 4.16. The average molecular weight is 314 g/mol. The van der Waals surface area contributed by atoms with Crippen LogP contribution in [0, 0.1) is 0 Å². The molecule has 1 unspecified atom stereocenters. The minimum atomic E-state index is -4.29. The summed E-state index contributed by atoms with van der Waals surface area (Å²) in [6, 6.07) is 5.42. The average Bonchev–Trinajstić information content (AvgIpc) is 2.85. The lowest BCUT2D eigenvalue weighted by atomic mass is 10.1. The molecular weight excluding hydrogens is 293 g/mol. The third kappa shape index (κ3) is 4.73. The number of benzene rings is 1. The molecule has 0 spiro atoms. The summed E-state index contributed by atoms with van der Waals surface area (Å²) in [5, 5.41) is 3.00. The smallest absolute Gasteiger partial charge is 0.352 e. The third-order valence-corrected chi connectivity index (χ3v) is 3.80. The highest BCUT2D eigenvalue weighted by Crippen LogP contribution is 2.29. The van der Waals surface area contributed by atoms with Gasteiger partial charge < -0.3 is 5.32 Å². The fourth-order valence-electron chi connectivity index (χ4n) is 2.68. The molecule has 0 bridgehead atoms. The number of rotatable bonds is 5. The second kappa shape index (κ2) is 7.13. The number of nitrogens with zero attached hydrogens (tertiary/aromatic N) is 1. The van der Waals surface area contributed by atoms with E-state index < -0.39 is 11.7 Å². The van der Waals surface area contributed by atoms with Crippen LogP contribution in [-0.2, 0) is 17.5 Å². The van der Waals surface area contributed by atoms with Crippen molar-refractivity contribution < 1.29 is 18.0 Å². The van der Waals surface area contributed by atoms with Gasteiger partial charge in [-0.1, -0.05) is 19.1 Å². The Morgan fingerprint density at radius 2 is 2.00 bits per heavy atom. The standard InChI is InChI=1S/C16H21F3N2O/c1-2-3-15(22)20-14-8-9-21(11-14)10-12-4-6-13(7-5-12)16(17,18)19/h4-7,14H,2-3,8-11H2,1H3,(H,20,22). The van der Waals surface area contributed by atoms with Crippen LogP contribution in [0.25, 0.3) is 0 Å². The van der Waals surface area contributed by atoms with E-state index >= 15 is 0 Å². The summed E-state index contributed by atoms with van der Waals surface area (Å²) < 4.78 is 37.5. The van der Waals surface area contributed by atoms with Gasteiger partial charge in [0.15, 0.2) is 0 Å². The minimum absolute atomic E-state index is 0.0730. The Labute approximate surface area is 128 Å². The molecule has 1 aromatic rings. The van der Waals surface area contributed by atoms with Crippen molar-refractivity contribution in [1.29, 1.82) is 0 Å². The van der Waals surface area contributed by atoms with Gasteiger partial charge in [0.2, 0.25) is 5.91 Å². The lowest BCUT2D eigenvalue weighted by Crippen LogP contribution is -2.36. The molecule has 0 saturated carbocycles. The van der Waals surface area contributed by atoms with Crippen molar-refractivity contribution in [3.8, 4) is 0 Å². The Bertz CT molecular complexity index is 499. The highest BCUT2D eigenvalue weighted by atomic mass is 19.4. The molecule has 1 amide bonds. The van der Waals surface area contributed by atoms with Crippen LogP contribution in [0.4, 0.5) is 13.2 Å². The number of nitrogens with one attached hydrogen (secondary N) is 1. The zero-order chi connectivity index (χ0) is 16.2. The number of likely N-dealkylation sites (tertiary alicyclic amines) is 1. The molecule has 22 heavy (non-hydrogen) atoms. The van der Waals surface area contributed by atoms with E-state index in [1.807, 2.05) is 6.92 Å². The minimum Gasteiger partial charge on any atom is -0.352 e. The second-order valence-corrected chi connectivity index (χ2v) is 5.73. The zero-order valence-corrected chi connectivity index (χ0v) is 12.6. The molecule has 1 N–H and O–H groups in total. The Kier molecular flexibility index (Phi) is 5.45. The Morgan fingerprint density at radius 1 is 1.32 bits per heavy atom. The molecule has 0 radical (unpaired) electrons. The van der Waals surface area contributed by atoms with Crippen LogP contribution < -0.4 is 5.32 Å². The van der Waals surface area contributed by atoms with E-state index in [1.54, 1.807) is 0 Å². The lowest BCUT2D eigenvalue weighted by Gasteiger charge is -2.17. The molecular formula is C16H21F3N2O. The summed E-state index contributed by atoms with van der Waals surface area (Å²) in [6.07, 6.45) is -2.04. The van der Waals surface area contributed by atoms with E-state index in [1.165, 1.54) is 12.1 Å². The highest BCUT2D eigenvalue weighted by Gasteiger charge is 2.30. The maximum Gasteiger partial charge on any atom is 0.416 e. The SMILES string of the molecule is CCCC(=O)NC1CCN(Cc2ccc(C(F)(F)F)cc2)C1. The maximum absolute atomic E-state index is 12.5. The summed E-state index contributed by atoms with van der Waals surface area (Å²) in [5.41, 5.74) is 0.232. The first-order chi connectivity index (χ1) is 10.4. The normalized spacial score (nSPS) is 19.4. The van der Waals surface area contributed by atoms with E-state index in [0.29, 0.717) is 13.0 Å². The van der Waals surface area contributed by atoms with Crippen molar-refractivity contribution >= 4 is 5.91 Å². The number of halogens is 3. The second-order valence-electron chi connectivity index (χ2n) is 5.73. The van der Waals surface area contributed by atoms with Crippen LogP contribution in [0.3, 0.4) is 0 Å². The van der Waals surface area contributed by atoms with E-state index in [-0.39, 0.29) is 11.9 Å². The monoisotopic (exact) mass is 314 g/mol. The summed E-state index contributed by atoms with van der Waals surface area (Å²) >= 11 is 0. The Morgan fingerprint density at radius 3 is 2.59 bits per heavy atom. The lowest BCUT2D eigenvalue weighted by molar-refractivity contribution is -0.137. The van der Waals surface area contributed by atoms with Gasteiger partial charge in [-0.3, -0.25) is 9.69 Å². The van der Waals surface area contributed by atoms with Gasteiger partial charge in [-0.15, -0.1) is 0 Å². The van der Waals surface area contributed by atoms with Gasteiger partial charge in [0.05, 0.1) is 5.56 Å². The number of hydrogen-bond donors (Lipinski definition) is 1. The molecule has 1 aromatic carbocycles. The van der Waals surface area contributed by atoms with Crippen molar-refractivity contribution in [3.05, 3.63) is 35.4 Å². The molecule has 1 atom stereocenters. The van der Waals surface area contributed by atoms with Gasteiger partial charge in [-0.25, -0.2) is 0 Å². The Hall–Kier alpha value is -1.56. The number of hydrogen-bond acceptors (Lipinski definition) is 2. The highest BCUT2D eigenvalue weighted by molar-refractivity contribution is 5.76. The molecule has 1 saturated heterocycles. The number of amides is 1. The van der Waals surface area contributed by atoms with Crippen LogP contribution in [0.5, 0.6) is 0 Å². The summed E-state index contributed by atoms with van der Waals surface area (Å²) in [4.78, 5) is 13.7. The maximum atomic E-state index is 12.5. The fourth-order valence-corrected chi connectivity index (χ4v) is 2.68. The van der Waals surface area contributed by atoms with Crippen LogP contribution in [0.2, 0.25) is 0 Å². The van der Waals surface area contributed by atoms with E-state index in [4.69, 9.17) is 0 Å². The van der Waals surface area contributed by atoms with Crippen molar-refractivity contribution in [3.63, 3.8) is 0 Å². The van der Waals surface area contributed by atoms with Gasteiger partial charge in [0.25, 0.3) is 0 Å².